The standard InChI is InChI=1S/C18H24O3/c1-4-5-6-7-8-9-10-11-12-13-16-14-17(20-3)15(2)18(19)21-16/h4-7,12-14H,8-11H2,1-3H3/b5-4+,7-6+,13-12+/i3D3. The molecule has 1 aromatic rings. The summed E-state index contributed by atoms with van der Waals surface area (Å²) in [6.07, 6.45) is 15.7. The van der Waals surface area contributed by atoms with E-state index in [1.807, 2.05) is 31.2 Å². The summed E-state index contributed by atoms with van der Waals surface area (Å²) in [5.41, 5.74) is -0.443. The minimum Gasteiger partial charge on any atom is -0.496 e. The third-order valence-corrected chi connectivity index (χ3v) is 2.98. The fourth-order valence-corrected chi connectivity index (χ4v) is 1.75. The molecule has 21 heavy (non-hydrogen) atoms. The van der Waals surface area contributed by atoms with Crippen LogP contribution < -0.4 is 10.4 Å². The van der Waals surface area contributed by atoms with Gasteiger partial charge in [0.15, 0.2) is 0 Å². The zero-order valence-electron chi connectivity index (χ0n) is 15.6. The first kappa shape index (κ1) is 12.7. The molecule has 114 valence electrons. The number of rotatable bonds is 8. The Kier molecular flexibility index (Phi) is 5.93. The molecule has 0 atom stereocenters. The molecule has 1 rings (SSSR count). The first-order chi connectivity index (χ1) is 11.3. The highest BCUT2D eigenvalue weighted by Gasteiger charge is 2.05. The van der Waals surface area contributed by atoms with Gasteiger partial charge in [0.1, 0.15) is 11.5 Å². The topological polar surface area (TPSA) is 39.4 Å². The molecule has 1 aromatic heterocycles. The molecular weight excluding hydrogens is 264 g/mol. The molecule has 1 heterocycles. The Balaban J connectivity index is 2.57. The molecule has 0 aliphatic carbocycles. The SMILES string of the molecule is [2H]C([2H])([2H])Oc1cc(/C=C/CCCC/C=C/C=C/C)oc(=O)c1C. The van der Waals surface area contributed by atoms with Crippen LogP contribution >= 0.6 is 0 Å². The van der Waals surface area contributed by atoms with Gasteiger partial charge in [-0.3, -0.25) is 0 Å². The van der Waals surface area contributed by atoms with Crippen molar-refractivity contribution in [2.45, 2.75) is 39.5 Å². The number of ether oxygens (including phenoxy) is 1. The average Bonchev–Trinajstić information content (AvgIpc) is 2.49. The van der Waals surface area contributed by atoms with Gasteiger partial charge in [-0.25, -0.2) is 4.79 Å². The molecule has 0 spiro atoms. The van der Waals surface area contributed by atoms with Crippen molar-refractivity contribution in [2.24, 2.45) is 0 Å². The van der Waals surface area contributed by atoms with E-state index in [0.29, 0.717) is 0 Å². The van der Waals surface area contributed by atoms with E-state index in [4.69, 9.17) is 13.3 Å². The number of hydrogen-bond donors (Lipinski definition) is 0. The van der Waals surface area contributed by atoms with E-state index in [9.17, 15) is 4.79 Å². The molecule has 0 aromatic carbocycles. The molecule has 3 heteroatoms. The maximum absolute atomic E-state index is 11.7. The Morgan fingerprint density at radius 3 is 2.76 bits per heavy atom. The summed E-state index contributed by atoms with van der Waals surface area (Å²) in [5, 5.41) is 0. The molecule has 0 fully saturated rings. The molecule has 0 saturated heterocycles. The zero-order valence-corrected chi connectivity index (χ0v) is 12.6. The smallest absolute Gasteiger partial charge is 0.342 e. The van der Waals surface area contributed by atoms with Crippen molar-refractivity contribution in [2.75, 3.05) is 7.04 Å². The minimum atomic E-state index is -2.60. The Morgan fingerprint density at radius 1 is 1.29 bits per heavy atom. The van der Waals surface area contributed by atoms with Crippen molar-refractivity contribution in [1.82, 2.24) is 0 Å². The van der Waals surface area contributed by atoms with Crippen molar-refractivity contribution in [3.8, 4) is 5.75 Å². The van der Waals surface area contributed by atoms with Crippen LogP contribution in [0.3, 0.4) is 0 Å². The predicted molar refractivity (Wildman–Crippen MR) is 87.7 cm³/mol. The lowest BCUT2D eigenvalue weighted by molar-refractivity contribution is 0.395. The van der Waals surface area contributed by atoms with Gasteiger partial charge in [-0.1, -0.05) is 30.4 Å². The van der Waals surface area contributed by atoms with Crippen molar-refractivity contribution < 1.29 is 13.3 Å². The van der Waals surface area contributed by atoms with Crippen LogP contribution in [-0.2, 0) is 0 Å². The minimum absolute atomic E-state index is 0.0278. The number of allylic oxidation sites excluding steroid dienone is 5. The number of methoxy groups -OCH3 is 1. The van der Waals surface area contributed by atoms with E-state index in [1.54, 1.807) is 6.08 Å². The van der Waals surface area contributed by atoms with Gasteiger partial charge in [0.2, 0.25) is 0 Å². The maximum Gasteiger partial charge on any atom is 0.342 e. The lowest BCUT2D eigenvalue weighted by atomic mass is 10.1. The summed E-state index contributed by atoms with van der Waals surface area (Å²) in [6.45, 7) is 3.45. The second-order valence-corrected chi connectivity index (χ2v) is 4.67. The number of unbranched alkanes of at least 4 members (excludes halogenated alkanes) is 3. The molecule has 0 amide bonds. The van der Waals surface area contributed by atoms with Crippen LogP contribution in [0.1, 0.15) is 48.0 Å². The Bertz CT molecular complexity index is 652. The van der Waals surface area contributed by atoms with Crippen molar-refractivity contribution in [3.05, 3.63) is 58.2 Å². The zero-order chi connectivity index (χ0) is 18.0. The summed E-state index contributed by atoms with van der Waals surface area (Å²) < 4.78 is 31.3. The molecule has 3 nitrogen and oxygen atoms in total. The highest BCUT2D eigenvalue weighted by atomic mass is 16.5. The quantitative estimate of drug-likeness (QED) is 0.516. The molecule has 0 bridgehead atoms. The van der Waals surface area contributed by atoms with E-state index in [0.717, 1.165) is 25.7 Å². The second-order valence-electron chi connectivity index (χ2n) is 4.67. The molecular formula is C18H24O3. The van der Waals surface area contributed by atoms with E-state index in [-0.39, 0.29) is 17.1 Å². The Hall–Kier alpha value is -2.03. The van der Waals surface area contributed by atoms with Crippen LogP contribution in [0.15, 0.2) is 45.7 Å². The van der Waals surface area contributed by atoms with Crippen molar-refractivity contribution >= 4 is 6.08 Å². The third-order valence-electron chi connectivity index (χ3n) is 2.98. The van der Waals surface area contributed by atoms with Crippen molar-refractivity contribution in [3.63, 3.8) is 0 Å². The molecule has 0 aliphatic heterocycles. The maximum atomic E-state index is 11.7. The summed E-state index contributed by atoms with van der Waals surface area (Å²) in [4.78, 5) is 11.7. The van der Waals surface area contributed by atoms with E-state index in [1.165, 1.54) is 13.0 Å². The fourth-order valence-electron chi connectivity index (χ4n) is 1.75. The lowest BCUT2D eigenvalue weighted by Gasteiger charge is -2.03. The second kappa shape index (κ2) is 9.81. The van der Waals surface area contributed by atoms with Gasteiger partial charge in [-0.15, -0.1) is 0 Å². The van der Waals surface area contributed by atoms with Crippen LogP contribution in [0.2, 0.25) is 0 Å². The van der Waals surface area contributed by atoms with Crippen LogP contribution in [0.25, 0.3) is 6.08 Å². The molecule has 0 N–H and O–H groups in total. The highest BCUT2D eigenvalue weighted by molar-refractivity contribution is 5.46. The first-order valence-electron chi connectivity index (χ1n) is 8.61. The van der Waals surface area contributed by atoms with Gasteiger partial charge >= 0.3 is 5.63 Å². The predicted octanol–water partition coefficient (Wildman–Crippen LogP) is 4.66. The van der Waals surface area contributed by atoms with Gasteiger partial charge in [0.25, 0.3) is 0 Å². The largest absolute Gasteiger partial charge is 0.496 e. The normalized spacial score (nSPS) is 14.7. The lowest BCUT2D eigenvalue weighted by Crippen LogP contribution is -2.05. The average molecular weight is 291 g/mol. The molecule has 0 radical (unpaired) electrons. The van der Waals surface area contributed by atoms with E-state index >= 15 is 0 Å². The molecule has 0 aliphatic rings. The Labute approximate surface area is 130 Å². The highest BCUT2D eigenvalue weighted by Crippen LogP contribution is 2.16. The number of hydrogen-bond acceptors (Lipinski definition) is 3. The summed E-state index contributed by atoms with van der Waals surface area (Å²) >= 11 is 0. The fraction of sp³-hybridized carbons (Fsp3) is 0.389. The van der Waals surface area contributed by atoms with E-state index in [2.05, 4.69) is 6.08 Å². The monoisotopic (exact) mass is 291 g/mol. The van der Waals surface area contributed by atoms with Gasteiger partial charge in [0, 0.05) is 6.07 Å². The first-order valence-corrected chi connectivity index (χ1v) is 7.11. The van der Waals surface area contributed by atoms with Crippen LogP contribution in [-0.4, -0.2) is 7.04 Å². The summed E-state index contributed by atoms with van der Waals surface area (Å²) in [7, 11) is -2.60. The van der Waals surface area contributed by atoms with Gasteiger partial charge in [-0.2, -0.15) is 0 Å². The van der Waals surface area contributed by atoms with Crippen LogP contribution in [0.5, 0.6) is 5.75 Å². The third kappa shape index (κ3) is 6.30. The van der Waals surface area contributed by atoms with E-state index < -0.39 is 12.7 Å². The van der Waals surface area contributed by atoms with Crippen LogP contribution in [0, 0.1) is 6.92 Å². The molecule has 0 saturated carbocycles. The molecule has 0 unspecified atom stereocenters. The van der Waals surface area contributed by atoms with Gasteiger partial charge in [0.05, 0.1) is 16.7 Å². The van der Waals surface area contributed by atoms with Crippen LogP contribution in [0.4, 0.5) is 0 Å². The van der Waals surface area contributed by atoms with Crippen molar-refractivity contribution in [1.29, 1.82) is 0 Å². The van der Waals surface area contributed by atoms with Gasteiger partial charge < -0.3 is 9.15 Å². The Morgan fingerprint density at radius 2 is 2.05 bits per heavy atom. The van der Waals surface area contributed by atoms with Gasteiger partial charge in [-0.05, 0) is 45.6 Å². The summed E-state index contributed by atoms with van der Waals surface area (Å²) in [5.74, 6) is 0.317. The summed E-state index contributed by atoms with van der Waals surface area (Å²) in [6, 6.07) is 1.43.